The molecule has 0 aromatic heterocycles. The van der Waals surface area contributed by atoms with Crippen molar-refractivity contribution in [2.45, 2.75) is 58.8 Å². The van der Waals surface area contributed by atoms with Crippen molar-refractivity contribution in [3.8, 4) is 0 Å². The normalized spacial score (nSPS) is 24.6. The monoisotopic (exact) mass is 339 g/mol. The molecule has 136 valence electrons. The van der Waals surface area contributed by atoms with Gasteiger partial charge in [-0.1, -0.05) is 51.1 Å². The second kappa shape index (κ2) is 8.31. The van der Waals surface area contributed by atoms with E-state index in [-0.39, 0.29) is 5.92 Å². The molecule has 2 unspecified atom stereocenters. The van der Waals surface area contributed by atoms with Crippen LogP contribution in [0.2, 0.25) is 0 Å². The quantitative estimate of drug-likeness (QED) is 0.681. The van der Waals surface area contributed by atoms with Gasteiger partial charge in [0.1, 0.15) is 0 Å². The molecule has 1 saturated carbocycles. The van der Waals surface area contributed by atoms with Gasteiger partial charge in [-0.15, -0.1) is 0 Å². The van der Waals surface area contributed by atoms with Gasteiger partial charge >= 0.3 is 0 Å². The Hall–Kier alpha value is -1.41. The summed E-state index contributed by atoms with van der Waals surface area (Å²) in [5.41, 5.74) is 3.79. The molecule has 2 fully saturated rings. The number of carbonyl (C=O) groups is 1. The summed E-state index contributed by atoms with van der Waals surface area (Å²) in [5.74, 6) is 1.66. The Bertz CT molecular complexity index is 607. The van der Waals surface area contributed by atoms with E-state index in [0.29, 0.717) is 17.6 Å². The van der Waals surface area contributed by atoms with Gasteiger partial charge in [-0.3, -0.25) is 4.79 Å². The molecule has 2 atom stereocenters. The van der Waals surface area contributed by atoms with Crippen LogP contribution in [-0.2, 0) is 11.2 Å². The molecule has 1 heterocycles. The molecule has 25 heavy (non-hydrogen) atoms. The summed E-state index contributed by atoms with van der Waals surface area (Å²) >= 11 is 0. The van der Waals surface area contributed by atoms with Crippen molar-refractivity contribution in [2.75, 3.05) is 19.6 Å². The van der Waals surface area contributed by atoms with Gasteiger partial charge in [0.05, 0.1) is 0 Å². The van der Waals surface area contributed by atoms with Crippen molar-refractivity contribution in [2.24, 2.45) is 11.8 Å². The molecule has 0 bridgehead atoms. The molecule has 2 aliphatic rings. The molecule has 0 amide bonds. The molecular weight excluding hydrogens is 306 g/mol. The minimum atomic E-state index is 0.241. The summed E-state index contributed by atoms with van der Waals surface area (Å²) in [6, 6.07) is 8.97. The van der Waals surface area contributed by atoms with Crippen LogP contribution in [-0.4, -0.2) is 30.3 Å². The van der Waals surface area contributed by atoms with Gasteiger partial charge in [-0.05, 0) is 73.7 Å². The maximum absolute atomic E-state index is 12.7. The van der Waals surface area contributed by atoms with E-state index < -0.39 is 0 Å². The smallest absolute Gasteiger partial charge is 0.162 e. The third-order valence-electron chi connectivity index (χ3n) is 5.73. The predicted octanol–water partition coefficient (Wildman–Crippen LogP) is 4.99. The lowest BCUT2D eigenvalue weighted by Gasteiger charge is -2.18. The summed E-state index contributed by atoms with van der Waals surface area (Å²) in [7, 11) is 0. The number of ketones is 1. The van der Waals surface area contributed by atoms with Crippen LogP contribution < -0.4 is 0 Å². The molecule has 1 aromatic rings. The summed E-state index contributed by atoms with van der Waals surface area (Å²) in [5, 5.41) is 0. The molecule has 1 aliphatic heterocycles. The van der Waals surface area contributed by atoms with E-state index in [1.54, 1.807) is 0 Å². The Morgan fingerprint density at radius 1 is 1.12 bits per heavy atom. The number of benzene rings is 1. The zero-order chi connectivity index (χ0) is 17.8. The lowest BCUT2D eigenvalue weighted by molar-refractivity contribution is -0.118. The topological polar surface area (TPSA) is 20.3 Å². The van der Waals surface area contributed by atoms with Gasteiger partial charge in [0.2, 0.25) is 0 Å². The number of rotatable bonds is 6. The number of allylic oxidation sites excluding steroid dienone is 2. The van der Waals surface area contributed by atoms with Gasteiger partial charge in [-0.25, -0.2) is 0 Å². The first-order valence-electron chi connectivity index (χ1n) is 10.1. The van der Waals surface area contributed by atoms with E-state index >= 15 is 0 Å². The fourth-order valence-electron chi connectivity index (χ4n) is 4.29. The minimum absolute atomic E-state index is 0.241. The van der Waals surface area contributed by atoms with Crippen LogP contribution in [0.3, 0.4) is 0 Å². The first kappa shape index (κ1) is 18.4. The van der Waals surface area contributed by atoms with E-state index in [1.165, 1.54) is 37.1 Å². The fraction of sp³-hybridized carbons (Fsp3) is 0.609. The van der Waals surface area contributed by atoms with Crippen LogP contribution >= 0.6 is 0 Å². The van der Waals surface area contributed by atoms with Crippen LogP contribution in [0.25, 0.3) is 0 Å². The van der Waals surface area contributed by atoms with E-state index in [0.717, 1.165) is 31.4 Å². The SMILES string of the molecule is CC(C)Cc1ccc(C(C)/C=C2/CCC(CN3CCCC3)C2=O)cc1. The molecule has 1 aliphatic carbocycles. The number of Topliss-reactive ketones (excluding diaryl/α,β-unsaturated/α-hetero) is 1. The average Bonchev–Trinajstić information content (AvgIpc) is 3.20. The number of carbonyl (C=O) groups excluding carboxylic acids is 1. The highest BCUT2D eigenvalue weighted by Crippen LogP contribution is 2.31. The predicted molar refractivity (Wildman–Crippen MR) is 105 cm³/mol. The molecule has 1 aromatic carbocycles. The van der Waals surface area contributed by atoms with Gasteiger partial charge in [0.15, 0.2) is 5.78 Å². The lowest BCUT2D eigenvalue weighted by atomic mass is 9.94. The molecule has 0 spiro atoms. The Morgan fingerprint density at radius 2 is 1.80 bits per heavy atom. The van der Waals surface area contributed by atoms with Crippen LogP contribution in [0, 0.1) is 11.8 Å². The molecule has 0 N–H and O–H groups in total. The summed E-state index contributed by atoms with van der Waals surface area (Å²) < 4.78 is 0. The highest BCUT2D eigenvalue weighted by atomic mass is 16.1. The minimum Gasteiger partial charge on any atom is -0.303 e. The van der Waals surface area contributed by atoms with E-state index in [1.807, 2.05) is 0 Å². The molecule has 2 heteroatoms. The molecule has 2 nitrogen and oxygen atoms in total. The Balaban J connectivity index is 1.60. The number of nitrogens with zero attached hydrogens (tertiary/aromatic N) is 1. The molecule has 0 radical (unpaired) electrons. The van der Waals surface area contributed by atoms with Crippen molar-refractivity contribution >= 4 is 5.78 Å². The maximum Gasteiger partial charge on any atom is 0.162 e. The van der Waals surface area contributed by atoms with E-state index in [2.05, 4.69) is 56.0 Å². The lowest BCUT2D eigenvalue weighted by Crippen LogP contribution is -2.28. The Kier molecular flexibility index (Phi) is 6.11. The Morgan fingerprint density at radius 3 is 2.44 bits per heavy atom. The molecule has 1 saturated heterocycles. The third-order valence-corrected chi connectivity index (χ3v) is 5.73. The standard InChI is InChI=1S/C23H33NO/c1-17(2)14-19-6-8-20(9-7-19)18(3)15-21-10-11-22(23(21)25)16-24-12-4-5-13-24/h6-9,15,17-18,22H,4-5,10-14,16H2,1-3H3/b21-15-. The maximum atomic E-state index is 12.7. The van der Waals surface area contributed by atoms with E-state index in [9.17, 15) is 4.79 Å². The van der Waals surface area contributed by atoms with Gasteiger partial charge in [0.25, 0.3) is 0 Å². The third kappa shape index (κ3) is 4.82. The van der Waals surface area contributed by atoms with Crippen LogP contribution in [0.1, 0.15) is 63.5 Å². The highest BCUT2D eigenvalue weighted by Gasteiger charge is 2.31. The van der Waals surface area contributed by atoms with Gasteiger partial charge in [-0.2, -0.15) is 0 Å². The number of likely N-dealkylation sites (tertiary alicyclic amines) is 1. The number of hydrogen-bond acceptors (Lipinski definition) is 2. The van der Waals surface area contributed by atoms with Gasteiger partial charge < -0.3 is 4.90 Å². The second-order valence-electron chi connectivity index (χ2n) is 8.43. The Labute approximate surface area is 153 Å². The van der Waals surface area contributed by atoms with Crippen molar-refractivity contribution in [1.29, 1.82) is 0 Å². The van der Waals surface area contributed by atoms with Crippen molar-refractivity contribution in [3.05, 3.63) is 47.0 Å². The van der Waals surface area contributed by atoms with Crippen molar-refractivity contribution < 1.29 is 4.79 Å². The van der Waals surface area contributed by atoms with Crippen LogP contribution in [0.15, 0.2) is 35.9 Å². The average molecular weight is 340 g/mol. The number of hydrogen-bond donors (Lipinski definition) is 0. The molecular formula is C23H33NO. The van der Waals surface area contributed by atoms with Crippen molar-refractivity contribution in [1.82, 2.24) is 4.90 Å². The van der Waals surface area contributed by atoms with Crippen LogP contribution in [0.4, 0.5) is 0 Å². The largest absolute Gasteiger partial charge is 0.303 e. The van der Waals surface area contributed by atoms with E-state index in [4.69, 9.17) is 0 Å². The van der Waals surface area contributed by atoms with Gasteiger partial charge in [0, 0.05) is 12.5 Å². The summed E-state index contributed by atoms with van der Waals surface area (Å²) in [4.78, 5) is 15.2. The highest BCUT2D eigenvalue weighted by molar-refractivity contribution is 5.99. The second-order valence-corrected chi connectivity index (χ2v) is 8.43. The first-order valence-corrected chi connectivity index (χ1v) is 10.1. The zero-order valence-electron chi connectivity index (χ0n) is 16.1. The van der Waals surface area contributed by atoms with Crippen molar-refractivity contribution in [3.63, 3.8) is 0 Å². The van der Waals surface area contributed by atoms with Crippen LogP contribution in [0.5, 0.6) is 0 Å². The zero-order valence-corrected chi connectivity index (χ0v) is 16.1. The summed E-state index contributed by atoms with van der Waals surface area (Å²) in [6.07, 6.45) is 7.96. The molecule has 3 rings (SSSR count). The fourth-order valence-corrected chi connectivity index (χ4v) is 4.29. The first-order chi connectivity index (χ1) is 12.0. The summed E-state index contributed by atoms with van der Waals surface area (Å²) in [6.45, 7) is 10.1.